The van der Waals surface area contributed by atoms with Crippen LogP contribution in [-0.2, 0) is 19.6 Å². The summed E-state index contributed by atoms with van der Waals surface area (Å²) in [6, 6.07) is 10.2. The van der Waals surface area contributed by atoms with Crippen LogP contribution in [0.4, 0.5) is 0 Å². The average molecular weight is 310 g/mol. The van der Waals surface area contributed by atoms with Gasteiger partial charge in [-0.1, -0.05) is 35.5 Å². The van der Waals surface area contributed by atoms with Crippen molar-refractivity contribution in [3.05, 3.63) is 42.0 Å². The Balaban J connectivity index is 2.67. The van der Waals surface area contributed by atoms with E-state index >= 15 is 0 Å². The second-order valence-corrected chi connectivity index (χ2v) is 8.68. The topological polar surface area (TPSA) is 36.9 Å². The van der Waals surface area contributed by atoms with Crippen molar-refractivity contribution in [3.8, 4) is 0 Å². The third-order valence-corrected chi connectivity index (χ3v) is 3.61. The predicted molar refractivity (Wildman–Crippen MR) is 86.5 cm³/mol. The Morgan fingerprint density at radius 3 is 2.00 bits per heavy atom. The molecule has 4 nitrogen and oxygen atoms in total. The highest BCUT2D eigenvalue weighted by atomic mass is 28.2. The van der Waals surface area contributed by atoms with E-state index in [0.717, 1.165) is 0 Å². The van der Waals surface area contributed by atoms with Crippen LogP contribution in [0.15, 0.2) is 42.0 Å². The fourth-order valence-electron chi connectivity index (χ4n) is 1.29. The molecule has 0 heterocycles. The highest BCUT2D eigenvalue weighted by Gasteiger charge is 2.16. The summed E-state index contributed by atoms with van der Waals surface area (Å²) in [6.07, 6.45) is 1.50. The van der Waals surface area contributed by atoms with Crippen molar-refractivity contribution in [1.82, 2.24) is 0 Å². The van der Waals surface area contributed by atoms with Crippen molar-refractivity contribution >= 4 is 14.7 Å². The zero-order valence-corrected chi connectivity index (χ0v) is 15.2. The van der Waals surface area contributed by atoms with Crippen LogP contribution in [0.3, 0.4) is 0 Å². The van der Waals surface area contributed by atoms with Gasteiger partial charge in [0.1, 0.15) is 20.7 Å². The number of rotatable bonds is 6. The van der Waals surface area contributed by atoms with Crippen LogP contribution in [0.1, 0.15) is 41.5 Å². The lowest BCUT2D eigenvalue weighted by molar-refractivity contribution is -0.331. The van der Waals surface area contributed by atoms with E-state index in [4.69, 9.17) is 19.6 Å². The van der Waals surface area contributed by atoms with Gasteiger partial charge in [-0.15, -0.1) is 0 Å². The maximum Gasteiger partial charge on any atom is 0.165 e. The third kappa shape index (κ3) is 9.28. The van der Waals surface area contributed by atoms with Crippen LogP contribution in [-0.4, -0.2) is 20.7 Å². The zero-order chi connectivity index (χ0) is 15.9. The lowest BCUT2D eigenvalue weighted by atomic mass is 10.2. The Morgan fingerprint density at radius 2 is 1.48 bits per heavy atom. The molecule has 1 aromatic carbocycles. The Labute approximate surface area is 129 Å². The summed E-state index contributed by atoms with van der Waals surface area (Å²) in [5, 5.41) is 1.92. The van der Waals surface area contributed by atoms with Crippen molar-refractivity contribution in [2.75, 3.05) is 0 Å². The molecule has 1 rings (SSSR count). The summed E-state index contributed by atoms with van der Waals surface area (Å²) in [4.78, 5) is 21.2. The molecule has 0 aromatic heterocycles. The molecule has 0 atom stereocenters. The summed E-state index contributed by atoms with van der Waals surface area (Å²) >= 11 is 0. The number of hydrogen-bond acceptors (Lipinski definition) is 4. The van der Waals surface area contributed by atoms with Gasteiger partial charge in [0.05, 0.1) is 0 Å². The first-order chi connectivity index (χ1) is 9.66. The molecule has 0 saturated carbocycles. The first kappa shape index (κ1) is 17.7. The smallest absolute Gasteiger partial charge is 0.165 e. The standard InChI is InChI=1S/C16H26O4Si/c1-15(2,3)19-17-12-14(18-20-16(4,5)6)21-13-10-8-7-9-11-13/h7-12H,21H2,1-6H3. The molecule has 1 aromatic rings. The van der Waals surface area contributed by atoms with Crippen molar-refractivity contribution in [1.29, 1.82) is 0 Å². The molecule has 0 aliphatic carbocycles. The average Bonchev–Trinajstić information content (AvgIpc) is 2.34. The Hall–Kier alpha value is -1.30. The Morgan fingerprint density at radius 1 is 0.905 bits per heavy atom. The highest BCUT2D eigenvalue weighted by molar-refractivity contribution is 6.60. The van der Waals surface area contributed by atoms with Crippen LogP contribution in [0.5, 0.6) is 0 Å². The van der Waals surface area contributed by atoms with Crippen molar-refractivity contribution in [3.63, 3.8) is 0 Å². The highest BCUT2D eigenvalue weighted by Crippen LogP contribution is 2.12. The van der Waals surface area contributed by atoms with Gasteiger partial charge < -0.3 is 9.78 Å². The molecule has 5 heteroatoms. The van der Waals surface area contributed by atoms with Crippen molar-refractivity contribution in [2.45, 2.75) is 52.7 Å². The van der Waals surface area contributed by atoms with E-state index < -0.39 is 9.52 Å². The summed E-state index contributed by atoms with van der Waals surface area (Å²) in [6.45, 7) is 11.6. The largest absolute Gasteiger partial charge is 0.344 e. The van der Waals surface area contributed by atoms with Gasteiger partial charge in [0.15, 0.2) is 11.6 Å². The molecule has 21 heavy (non-hydrogen) atoms. The summed E-state index contributed by atoms with van der Waals surface area (Å²) in [5.41, 5.74) is -0.754. The van der Waals surface area contributed by atoms with Crippen LogP contribution in [0.25, 0.3) is 0 Å². The quantitative estimate of drug-likeness (QED) is 0.350. The minimum atomic E-state index is -0.822. The van der Waals surface area contributed by atoms with E-state index in [9.17, 15) is 0 Å². The maximum atomic E-state index is 5.44. The van der Waals surface area contributed by atoms with Crippen molar-refractivity contribution in [2.24, 2.45) is 0 Å². The van der Waals surface area contributed by atoms with Crippen LogP contribution in [0, 0.1) is 0 Å². The van der Waals surface area contributed by atoms with E-state index in [1.807, 2.05) is 59.7 Å². The Bertz CT molecular complexity index is 444. The molecule has 118 valence electrons. The summed E-state index contributed by atoms with van der Waals surface area (Å²) < 4.78 is 0. The SMILES string of the molecule is CC(C)(C)OOC=C(OOC(C)(C)C)[SiH2]c1ccccc1. The van der Waals surface area contributed by atoms with Gasteiger partial charge in [-0.05, 0) is 41.5 Å². The minimum absolute atomic E-state index is 0.374. The third-order valence-electron chi connectivity index (χ3n) is 2.10. The fourth-order valence-corrected chi connectivity index (χ4v) is 2.47. The van der Waals surface area contributed by atoms with Gasteiger partial charge in [-0.3, -0.25) is 0 Å². The molecule has 0 spiro atoms. The monoisotopic (exact) mass is 310 g/mol. The molecule has 0 amide bonds. The molecular formula is C16H26O4Si. The van der Waals surface area contributed by atoms with Gasteiger partial charge >= 0.3 is 0 Å². The molecule has 0 aliphatic heterocycles. The molecular weight excluding hydrogens is 284 g/mol. The second kappa shape index (κ2) is 7.63. The molecule has 0 saturated heterocycles. The molecule has 0 radical (unpaired) electrons. The lowest BCUT2D eigenvalue weighted by Gasteiger charge is -2.20. The fraction of sp³-hybridized carbons (Fsp3) is 0.500. The van der Waals surface area contributed by atoms with E-state index in [1.165, 1.54) is 11.4 Å². The van der Waals surface area contributed by atoms with E-state index in [1.54, 1.807) is 0 Å². The van der Waals surface area contributed by atoms with E-state index in [0.29, 0.717) is 5.38 Å². The zero-order valence-electron chi connectivity index (χ0n) is 13.8. The summed E-state index contributed by atoms with van der Waals surface area (Å²) in [5.74, 6) is 0. The Kier molecular flexibility index (Phi) is 6.45. The number of hydrogen-bond donors (Lipinski definition) is 0. The van der Waals surface area contributed by atoms with Crippen LogP contribution >= 0.6 is 0 Å². The number of benzene rings is 1. The first-order valence-corrected chi connectivity index (χ1v) is 8.50. The first-order valence-electron chi connectivity index (χ1n) is 7.09. The van der Waals surface area contributed by atoms with E-state index in [2.05, 4.69) is 12.1 Å². The normalized spacial score (nSPS) is 13.7. The molecule has 0 fully saturated rings. The minimum Gasteiger partial charge on any atom is -0.344 e. The van der Waals surface area contributed by atoms with Gasteiger partial charge in [0.2, 0.25) is 0 Å². The second-order valence-electron chi connectivity index (χ2n) is 6.82. The van der Waals surface area contributed by atoms with Gasteiger partial charge in [0.25, 0.3) is 0 Å². The van der Waals surface area contributed by atoms with Gasteiger partial charge in [0, 0.05) is 0 Å². The van der Waals surface area contributed by atoms with Crippen molar-refractivity contribution < 1.29 is 19.6 Å². The van der Waals surface area contributed by atoms with Gasteiger partial charge in [-0.25, -0.2) is 0 Å². The lowest BCUT2D eigenvalue weighted by Crippen LogP contribution is -2.24. The van der Waals surface area contributed by atoms with Crippen LogP contribution < -0.4 is 5.19 Å². The molecule has 0 N–H and O–H groups in total. The maximum absolute atomic E-state index is 5.44. The predicted octanol–water partition coefficient (Wildman–Crippen LogP) is 2.77. The molecule has 0 bridgehead atoms. The van der Waals surface area contributed by atoms with Crippen LogP contribution in [0.2, 0.25) is 0 Å². The molecule has 0 aliphatic rings. The van der Waals surface area contributed by atoms with E-state index in [-0.39, 0.29) is 11.2 Å². The van der Waals surface area contributed by atoms with Gasteiger partial charge in [-0.2, -0.15) is 9.78 Å². The summed E-state index contributed by atoms with van der Waals surface area (Å²) in [7, 11) is -0.822. The molecule has 0 unspecified atom stereocenters.